The van der Waals surface area contributed by atoms with Crippen LogP contribution in [-0.2, 0) is 6.54 Å². The third-order valence-electron chi connectivity index (χ3n) is 4.23. The number of nitrogens with zero attached hydrogens (tertiary/aromatic N) is 2. The molecule has 0 saturated heterocycles. The summed E-state index contributed by atoms with van der Waals surface area (Å²) in [5.41, 5.74) is 2.66. The molecule has 2 amide bonds. The predicted molar refractivity (Wildman–Crippen MR) is 115 cm³/mol. The van der Waals surface area contributed by atoms with Crippen LogP contribution in [0.4, 0.5) is 5.69 Å². The first-order valence-electron chi connectivity index (χ1n) is 8.95. The fourth-order valence-corrected chi connectivity index (χ4v) is 3.38. The van der Waals surface area contributed by atoms with Gasteiger partial charge in [-0.25, -0.2) is 0 Å². The number of carbonyl (C=O) groups excluding carboxylic acids is 2. The average Bonchev–Trinajstić information content (AvgIpc) is 3.29. The highest BCUT2D eigenvalue weighted by molar-refractivity contribution is 7.12. The van der Waals surface area contributed by atoms with Gasteiger partial charge in [0.05, 0.1) is 16.5 Å². The van der Waals surface area contributed by atoms with Gasteiger partial charge < -0.3 is 10.2 Å². The van der Waals surface area contributed by atoms with E-state index in [0.29, 0.717) is 34.8 Å². The van der Waals surface area contributed by atoms with E-state index in [0.717, 1.165) is 5.56 Å². The van der Waals surface area contributed by atoms with E-state index in [9.17, 15) is 9.59 Å². The first-order chi connectivity index (χ1) is 14.1. The highest BCUT2D eigenvalue weighted by atomic mass is 32.1. The van der Waals surface area contributed by atoms with Crippen LogP contribution in [0.3, 0.4) is 0 Å². The van der Waals surface area contributed by atoms with E-state index < -0.39 is 0 Å². The molecule has 1 aromatic heterocycles. The van der Waals surface area contributed by atoms with E-state index >= 15 is 0 Å². The van der Waals surface area contributed by atoms with Crippen molar-refractivity contribution in [1.29, 1.82) is 5.26 Å². The van der Waals surface area contributed by atoms with E-state index in [1.54, 1.807) is 53.4 Å². The number of carbonyl (C=O) groups is 2. The van der Waals surface area contributed by atoms with Crippen LogP contribution >= 0.6 is 11.3 Å². The van der Waals surface area contributed by atoms with Gasteiger partial charge in [0.25, 0.3) is 11.8 Å². The molecule has 144 valence electrons. The number of rotatable bonds is 7. The molecule has 0 atom stereocenters. The Morgan fingerprint density at radius 2 is 1.83 bits per heavy atom. The average molecular weight is 401 g/mol. The van der Waals surface area contributed by atoms with Gasteiger partial charge in [-0.15, -0.1) is 17.9 Å². The number of hydrogen-bond donors (Lipinski definition) is 1. The van der Waals surface area contributed by atoms with Crippen LogP contribution in [0.15, 0.2) is 78.7 Å². The zero-order chi connectivity index (χ0) is 20.6. The van der Waals surface area contributed by atoms with E-state index in [1.165, 1.54) is 11.3 Å². The Bertz CT molecular complexity index is 1030. The molecule has 2 aromatic carbocycles. The zero-order valence-corrected chi connectivity index (χ0v) is 16.5. The molecule has 0 unspecified atom stereocenters. The summed E-state index contributed by atoms with van der Waals surface area (Å²) < 4.78 is 0. The maximum atomic E-state index is 12.9. The number of amides is 2. The molecule has 1 heterocycles. The Morgan fingerprint density at radius 1 is 1.10 bits per heavy atom. The third kappa shape index (κ3) is 5.18. The molecule has 3 aromatic rings. The summed E-state index contributed by atoms with van der Waals surface area (Å²) in [5.74, 6) is -0.307. The van der Waals surface area contributed by atoms with Gasteiger partial charge in [0, 0.05) is 24.3 Å². The Balaban J connectivity index is 1.69. The lowest BCUT2D eigenvalue weighted by Crippen LogP contribution is -2.30. The number of thiophene rings is 1. The van der Waals surface area contributed by atoms with Crippen molar-refractivity contribution in [2.24, 2.45) is 0 Å². The van der Waals surface area contributed by atoms with E-state index in [2.05, 4.69) is 18.0 Å². The number of nitriles is 1. The van der Waals surface area contributed by atoms with Crippen molar-refractivity contribution < 1.29 is 9.59 Å². The molecule has 0 saturated carbocycles. The van der Waals surface area contributed by atoms with Crippen molar-refractivity contribution in [1.82, 2.24) is 4.90 Å². The highest BCUT2D eigenvalue weighted by Gasteiger charge is 2.15. The fraction of sp³-hybridized carbons (Fsp3) is 0.0870. The Labute approximate surface area is 173 Å². The second kappa shape index (κ2) is 9.49. The second-order valence-corrected chi connectivity index (χ2v) is 7.24. The minimum absolute atomic E-state index is 0.134. The van der Waals surface area contributed by atoms with Crippen molar-refractivity contribution >= 4 is 28.8 Å². The monoisotopic (exact) mass is 401 g/mol. The maximum Gasteiger partial charge on any atom is 0.265 e. The number of hydrogen-bond acceptors (Lipinski definition) is 4. The second-order valence-electron chi connectivity index (χ2n) is 6.29. The standard InChI is InChI=1S/C23H19N3O2S/c1-2-13-26(16-18-7-5-17(15-24)6-8-18)23(28)19-9-11-20(12-10-19)25-22(27)21-4-3-14-29-21/h2-12,14H,1,13,16H2,(H,25,27). The van der Waals surface area contributed by atoms with Gasteiger partial charge in [-0.1, -0.05) is 24.3 Å². The van der Waals surface area contributed by atoms with Gasteiger partial charge in [-0.05, 0) is 53.4 Å². The van der Waals surface area contributed by atoms with Crippen LogP contribution in [0.2, 0.25) is 0 Å². The largest absolute Gasteiger partial charge is 0.331 e. The van der Waals surface area contributed by atoms with Gasteiger partial charge in [0.15, 0.2) is 0 Å². The summed E-state index contributed by atoms with van der Waals surface area (Å²) in [6.07, 6.45) is 1.68. The molecule has 1 N–H and O–H groups in total. The van der Waals surface area contributed by atoms with Gasteiger partial charge in [0.1, 0.15) is 0 Å². The molecule has 0 fully saturated rings. The Morgan fingerprint density at radius 3 is 2.41 bits per heavy atom. The first kappa shape index (κ1) is 20.1. The predicted octanol–water partition coefficient (Wildman–Crippen LogP) is 4.70. The van der Waals surface area contributed by atoms with Crippen LogP contribution < -0.4 is 5.32 Å². The summed E-state index contributed by atoms with van der Waals surface area (Å²) in [5, 5.41) is 13.6. The number of benzene rings is 2. The topological polar surface area (TPSA) is 73.2 Å². The molecule has 6 heteroatoms. The molecule has 0 radical (unpaired) electrons. The molecule has 0 bridgehead atoms. The molecular formula is C23H19N3O2S. The lowest BCUT2D eigenvalue weighted by molar-refractivity contribution is 0.0762. The molecule has 0 aliphatic rings. The van der Waals surface area contributed by atoms with Crippen molar-refractivity contribution in [3.05, 3.63) is 100 Å². The molecule has 5 nitrogen and oxygen atoms in total. The SMILES string of the molecule is C=CCN(Cc1ccc(C#N)cc1)C(=O)c1ccc(NC(=O)c2cccs2)cc1. The van der Waals surface area contributed by atoms with Crippen LogP contribution in [0.25, 0.3) is 0 Å². The molecule has 29 heavy (non-hydrogen) atoms. The first-order valence-corrected chi connectivity index (χ1v) is 9.83. The summed E-state index contributed by atoms with van der Waals surface area (Å²) >= 11 is 1.37. The number of nitrogens with one attached hydrogen (secondary N) is 1. The summed E-state index contributed by atoms with van der Waals surface area (Å²) in [6, 6.07) is 19.6. The molecule has 3 rings (SSSR count). The van der Waals surface area contributed by atoms with Crippen LogP contribution in [0.5, 0.6) is 0 Å². The lowest BCUT2D eigenvalue weighted by atomic mass is 10.1. The van der Waals surface area contributed by atoms with Gasteiger partial charge in [-0.2, -0.15) is 5.26 Å². The van der Waals surface area contributed by atoms with Crippen molar-refractivity contribution in [3.63, 3.8) is 0 Å². The zero-order valence-electron chi connectivity index (χ0n) is 15.7. The lowest BCUT2D eigenvalue weighted by Gasteiger charge is -2.21. The van der Waals surface area contributed by atoms with Crippen molar-refractivity contribution in [2.45, 2.75) is 6.54 Å². The Kier molecular flexibility index (Phi) is 6.56. The van der Waals surface area contributed by atoms with Gasteiger partial charge in [0.2, 0.25) is 0 Å². The quantitative estimate of drug-likeness (QED) is 0.583. The molecule has 0 spiro atoms. The van der Waals surface area contributed by atoms with Crippen molar-refractivity contribution in [2.75, 3.05) is 11.9 Å². The van der Waals surface area contributed by atoms with Crippen LogP contribution in [-0.4, -0.2) is 23.3 Å². The normalized spacial score (nSPS) is 10.0. The van der Waals surface area contributed by atoms with E-state index in [-0.39, 0.29) is 11.8 Å². The smallest absolute Gasteiger partial charge is 0.265 e. The van der Waals surface area contributed by atoms with E-state index in [1.807, 2.05) is 23.6 Å². The van der Waals surface area contributed by atoms with Crippen LogP contribution in [0, 0.1) is 11.3 Å². The van der Waals surface area contributed by atoms with Gasteiger partial charge >= 0.3 is 0 Å². The number of anilines is 1. The third-order valence-corrected chi connectivity index (χ3v) is 5.10. The molecular weight excluding hydrogens is 382 g/mol. The Hall–Kier alpha value is -3.69. The van der Waals surface area contributed by atoms with Gasteiger partial charge in [-0.3, -0.25) is 9.59 Å². The fourth-order valence-electron chi connectivity index (χ4n) is 2.76. The molecule has 0 aliphatic heterocycles. The minimum atomic E-state index is -0.173. The minimum Gasteiger partial charge on any atom is -0.331 e. The van der Waals surface area contributed by atoms with E-state index in [4.69, 9.17) is 5.26 Å². The van der Waals surface area contributed by atoms with Crippen molar-refractivity contribution in [3.8, 4) is 6.07 Å². The summed E-state index contributed by atoms with van der Waals surface area (Å²) in [6.45, 7) is 4.54. The maximum absolute atomic E-state index is 12.9. The molecule has 0 aliphatic carbocycles. The highest BCUT2D eigenvalue weighted by Crippen LogP contribution is 2.16. The van der Waals surface area contributed by atoms with Crippen LogP contribution in [0.1, 0.15) is 31.2 Å². The summed E-state index contributed by atoms with van der Waals surface area (Å²) in [4.78, 5) is 27.4. The summed E-state index contributed by atoms with van der Waals surface area (Å²) in [7, 11) is 0.